The van der Waals surface area contributed by atoms with Crippen LogP contribution in [0.1, 0.15) is 61.7 Å². The van der Waals surface area contributed by atoms with E-state index in [0.717, 1.165) is 51.1 Å². The highest BCUT2D eigenvalue weighted by molar-refractivity contribution is 6.34. The molecular formula is C23H35ClN3O. The molecule has 28 heavy (non-hydrogen) atoms. The number of anilines is 1. The number of halogens is 1. The van der Waals surface area contributed by atoms with Crippen LogP contribution in [0, 0.1) is 20.8 Å². The normalized spacial score (nSPS) is 18.7. The van der Waals surface area contributed by atoms with Crippen LogP contribution < -0.4 is 15.5 Å². The molecule has 1 amide bonds. The highest BCUT2D eigenvalue weighted by atomic mass is 35.5. The van der Waals surface area contributed by atoms with Gasteiger partial charge >= 0.3 is 0 Å². The fraction of sp³-hybridized carbons (Fsp3) is 0.565. The number of hydrogen-bond acceptors (Lipinski definition) is 3. The van der Waals surface area contributed by atoms with Crippen molar-refractivity contribution in [3.8, 4) is 0 Å². The van der Waals surface area contributed by atoms with E-state index in [1.54, 1.807) is 0 Å². The van der Waals surface area contributed by atoms with Crippen LogP contribution in [-0.4, -0.2) is 38.6 Å². The highest BCUT2D eigenvalue weighted by Crippen LogP contribution is 2.25. The predicted molar refractivity (Wildman–Crippen MR) is 120 cm³/mol. The molecule has 1 aliphatic heterocycles. The van der Waals surface area contributed by atoms with Crippen LogP contribution in [0.4, 0.5) is 5.69 Å². The minimum Gasteiger partial charge on any atom is -0.370 e. The van der Waals surface area contributed by atoms with E-state index in [4.69, 9.17) is 11.6 Å². The zero-order valence-corrected chi connectivity index (χ0v) is 17.8. The lowest BCUT2D eigenvalue weighted by molar-refractivity contribution is 0.0954. The monoisotopic (exact) mass is 404 g/mol. The number of rotatable bonds is 4. The molecule has 0 aromatic heterocycles. The van der Waals surface area contributed by atoms with Gasteiger partial charge in [-0.15, -0.1) is 0 Å². The van der Waals surface area contributed by atoms with Crippen LogP contribution in [0.3, 0.4) is 0 Å². The Bertz CT molecular complexity index is 577. The Balaban J connectivity index is 0.00000196. The molecule has 0 unspecified atom stereocenters. The largest absolute Gasteiger partial charge is 0.370 e. The summed E-state index contributed by atoms with van der Waals surface area (Å²) in [6, 6.07) is 5.83. The van der Waals surface area contributed by atoms with Gasteiger partial charge in [0.2, 0.25) is 0 Å². The molecule has 0 bridgehead atoms. The average Bonchev–Trinajstić information content (AvgIpc) is 2.90. The lowest BCUT2D eigenvalue weighted by Gasteiger charge is -2.23. The highest BCUT2D eigenvalue weighted by Gasteiger charge is 2.17. The lowest BCUT2D eigenvalue weighted by atomic mass is 9.91. The van der Waals surface area contributed by atoms with Crippen LogP contribution in [0.15, 0.2) is 18.2 Å². The average molecular weight is 405 g/mol. The van der Waals surface area contributed by atoms with Crippen molar-refractivity contribution in [2.45, 2.75) is 51.4 Å². The maximum absolute atomic E-state index is 12.7. The summed E-state index contributed by atoms with van der Waals surface area (Å²) in [4.78, 5) is 15.1. The predicted octanol–water partition coefficient (Wildman–Crippen LogP) is 4.84. The Morgan fingerprint density at radius 3 is 2.46 bits per heavy atom. The third-order valence-electron chi connectivity index (χ3n) is 5.46. The first-order chi connectivity index (χ1) is 12.7. The van der Waals surface area contributed by atoms with Gasteiger partial charge in [-0.25, -0.2) is 0 Å². The number of amides is 1. The zero-order valence-electron chi connectivity index (χ0n) is 17.1. The van der Waals surface area contributed by atoms with Gasteiger partial charge in [0.15, 0.2) is 0 Å². The molecule has 2 fully saturated rings. The van der Waals surface area contributed by atoms with Crippen molar-refractivity contribution in [1.29, 1.82) is 0 Å². The third-order valence-corrected chi connectivity index (χ3v) is 5.79. The van der Waals surface area contributed by atoms with Gasteiger partial charge in [-0.1, -0.05) is 58.6 Å². The van der Waals surface area contributed by atoms with E-state index in [9.17, 15) is 4.79 Å². The Morgan fingerprint density at radius 1 is 1.00 bits per heavy atom. The van der Waals surface area contributed by atoms with Gasteiger partial charge in [0.1, 0.15) is 0 Å². The van der Waals surface area contributed by atoms with Crippen molar-refractivity contribution in [2.24, 2.45) is 0 Å². The summed E-state index contributed by atoms with van der Waals surface area (Å²) >= 11 is 6.33. The van der Waals surface area contributed by atoms with Crippen LogP contribution in [0.5, 0.6) is 0 Å². The van der Waals surface area contributed by atoms with Gasteiger partial charge in [-0.3, -0.25) is 4.79 Å². The summed E-state index contributed by atoms with van der Waals surface area (Å²) < 4.78 is 0. The maximum Gasteiger partial charge on any atom is 0.252 e. The first kappa shape index (κ1) is 24.8. The lowest BCUT2D eigenvalue weighted by Crippen LogP contribution is -2.30. The minimum absolute atomic E-state index is 0. The second-order valence-corrected chi connectivity index (χ2v) is 7.86. The standard InChI is InChI=1S/C21H31ClN3O.2CH2/c22-20-10-9-18(25-13-6-11-23-12-14-25)15-19(20)21(26)24-16-17-7-4-2-1-3-5-8-17;;/h9-10,15,23H,1-8,11-14,16H2,(H,24,26);2*1H2. The van der Waals surface area contributed by atoms with Gasteiger partial charge in [-0.05, 0) is 49.9 Å². The summed E-state index contributed by atoms with van der Waals surface area (Å²) in [5.41, 5.74) is 1.68. The topological polar surface area (TPSA) is 44.4 Å². The van der Waals surface area contributed by atoms with Gasteiger partial charge in [0.05, 0.1) is 10.6 Å². The van der Waals surface area contributed by atoms with Crippen molar-refractivity contribution in [1.82, 2.24) is 10.6 Å². The van der Waals surface area contributed by atoms with Crippen molar-refractivity contribution in [3.63, 3.8) is 0 Å². The van der Waals surface area contributed by atoms with Crippen molar-refractivity contribution in [3.05, 3.63) is 49.6 Å². The van der Waals surface area contributed by atoms with Gasteiger partial charge < -0.3 is 15.5 Å². The van der Waals surface area contributed by atoms with E-state index in [-0.39, 0.29) is 20.8 Å². The molecular weight excluding hydrogens is 370 g/mol. The minimum atomic E-state index is -0.0562. The third kappa shape index (κ3) is 7.29. The number of carbonyl (C=O) groups is 1. The van der Waals surface area contributed by atoms with E-state index in [1.807, 2.05) is 18.2 Å². The van der Waals surface area contributed by atoms with Gasteiger partial charge in [0.25, 0.3) is 5.91 Å². The summed E-state index contributed by atoms with van der Waals surface area (Å²) in [6.07, 6.45) is 9.90. The molecule has 1 aromatic rings. The molecule has 2 aliphatic rings. The van der Waals surface area contributed by atoms with E-state index < -0.39 is 0 Å². The summed E-state index contributed by atoms with van der Waals surface area (Å²) in [5.74, 6) is 1.42. The van der Waals surface area contributed by atoms with Gasteiger partial charge in [0, 0.05) is 31.9 Å². The molecule has 2 N–H and O–H groups in total. The van der Waals surface area contributed by atoms with Crippen LogP contribution >= 0.6 is 11.6 Å². The van der Waals surface area contributed by atoms with E-state index >= 15 is 0 Å². The fourth-order valence-corrected chi connectivity index (χ4v) is 4.07. The first-order valence-corrected chi connectivity index (χ1v) is 10.5. The van der Waals surface area contributed by atoms with Crippen LogP contribution in [0.25, 0.3) is 0 Å². The number of hydrogen-bond donors (Lipinski definition) is 2. The number of carbonyl (C=O) groups excluding carboxylic acids is 1. The molecule has 5 heteroatoms. The Hall–Kier alpha value is -1.26. The Kier molecular flexibility index (Phi) is 11.6. The molecule has 155 valence electrons. The second kappa shape index (κ2) is 13.1. The van der Waals surface area contributed by atoms with Crippen molar-refractivity contribution < 1.29 is 4.79 Å². The number of nitrogens with zero attached hydrogens (tertiary/aromatic N) is 1. The molecule has 1 heterocycles. The fourth-order valence-electron chi connectivity index (χ4n) is 3.87. The first-order valence-electron chi connectivity index (χ1n) is 10.1. The second-order valence-electron chi connectivity index (χ2n) is 7.46. The maximum atomic E-state index is 12.7. The molecule has 0 atom stereocenters. The Morgan fingerprint density at radius 2 is 1.71 bits per heavy atom. The van der Waals surface area contributed by atoms with Crippen LogP contribution in [0.2, 0.25) is 5.02 Å². The quantitative estimate of drug-likeness (QED) is 0.754. The number of benzene rings is 1. The number of nitrogens with one attached hydrogen (secondary N) is 2. The Labute approximate surface area is 177 Å². The molecule has 1 aliphatic carbocycles. The van der Waals surface area contributed by atoms with E-state index in [1.165, 1.54) is 38.0 Å². The summed E-state index contributed by atoms with van der Waals surface area (Å²) in [5, 5.41) is 7.05. The SMILES string of the molecule is O=C(NC[C]1CCCCCCC1)c1cc(N2CCCNCC2)ccc1Cl.[CH2].[CH2]. The molecule has 3 rings (SSSR count). The molecule has 5 radical (unpaired) electrons. The smallest absolute Gasteiger partial charge is 0.252 e. The summed E-state index contributed by atoms with van der Waals surface area (Å²) in [7, 11) is 0. The van der Waals surface area contributed by atoms with Crippen LogP contribution in [-0.2, 0) is 0 Å². The molecule has 1 saturated heterocycles. The molecule has 4 nitrogen and oxygen atoms in total. The van der Waals surface area contributed by atoms with Gasteiger partial charge in [-0.2, -0.15) is 0 Å². The van der Waals surface area contributed by atoms with Crippen molar-refractivity contribution in [2.75, 3.05) is 37.6 Å². The zero-order chi connectivity index (χ0) is 18.2. The molecule has 0 spiro atoms. The molecule has 1 aromatic carbocycles. The molecule has 1 saturated carbocycles. The van der Waals surface area contributed by atoms with E-state index in [0.29, 0.717) is 17.1 Å². The summed E-state index contributed by atoms with van der Waals surface area (Å²) in [6.45, 7) is 4.68. The van der Waals surface area contributed by atoms with E-state index in [2.05, 4.69) is 15.5 Å². The van der Waals surface area contributed by atoms with Crippen molar-refractivity contribution >= 4 is 23.2 Å².